The minimum Gasteiger partial charge on any atom is -0.379 e. The molecule has 1 saturated heterocycles. The zero-order valence-corrected chi connectivity index (χ0v) is 12.3. The van der Waals surface area contributed by atoms with Crippen molar-refractivity contribution in [2.45, 2.75) is 57.8 Å². The van der Waals surface area contributed by atoms with Crippen LogP contribution in [-0.2, 0) is 14.2 Å². The van der Waals surface area contributed by atoms with Crippen molar-refractivity contribution in [2.24, 2.45) is 0 Å². The zero-order valence-electron chi connectivity index (χ0n) is 12.3. The van der Waals surface area contributed by atoms with Gasteiger partial charge in [-0.15, -0.1) is 0 Å². The van der Waals surface area contributed by atoms with Gasteiger partial charge in [0.15, 0.2) is 0 Å². The molecule has 0 bridgehead atoms. The molecule has 1 aliphatic heterocycles. The van der Waals surface area contributed by atoms with Crippen molar-refractivity contribution in [1.29, 1.82) is 0 Å². The van der Waals surface area contributed by atoms with Gasteiger partial charge in [0.1, 0.15) is 0 Å². The molecule has 2 unspecified atom stereocenters. The first-order valence-corrected chi connectivity index (χ1v) is 7.07. The van der Waals surface area contributed by atoms with E-state index in [1.165, 1.54) is 0 Å². The standard InChI is InChI=1S/C14H29NO3/c1-5-8-15-12-6-9-17-11-13(12)18-10-7-14(2,3)16-4/h12-13,15H,5-11H2,1-4H3. The van der Waals surface area contributed by atoms with Crippen LogP contribution in [0, 0.1) is 0 Å². The molecule has 1 N–H and O–H groups in total. The number of hydrogen-bond acceptors (Lipinski definition) is 4. The third-order valence-electron chi connectivity index (χ3n) is 3.55. The van der Waals surface area contributed by atoms with Crippen LogP contribution in [0.1, 0.15) is 40.0 Å². The first-order chi connectivity index (χ1) is 8.59. The summed E-state index contributed by atoms with van der Waals surface area (Å²) in [7, 11) is 1.75. The molecule has 18 heavy (non-hydrogen) atoms. The summed E-state index contributed by atoms with van der Waals surface area (Å²) < 4.78 is 16.9. The van der Waals surface area contributed by atoms with Crippen LogP contribution in [0.5, 0.6) is 0 Å². The average Bonchev–Trinajstić information content (AvgIpc) is 2.37. The summed E-state index contributed by atoms with van der Waals surface area (Å²) in [6.07, 6.45) is 3.28. The lowest BCUT2D eigenvalue weighted by Gasteiger charge is -2.33. The highest BCUT2D eigenvalue weighted by atomic mass is 16.5. The normalized spacial score (nSPS) is 25.3. The fraction of sp³-hybridized carbons (Fsp3) is 1.00. The summed E-state index contributed by atoms with van der Waals surface area (Å²) in [4.78, 5) is 0. The van der Waals surface area contributed by atoms with Gasteiger partial charge in [0.05, 0.1) is 18.3 Å². The summed E-state index contributed by atoms with van der Waals surface area (Å²) in [5.74, 6) is 0. The van der Waals surface area contributed by atoms with E-state index >= 15 is 0 Å². The molecule has 0 aromatic carbocycles. The lowest BCUT2D eigenvalue weighted by molar-refractivity contribution is -0.0850. The smallest absolute Gasteiger partial charge is 0.0961 e. The van der Waals surface area contributed by atoms with Crippen molar-refractivity contribution in [3.05, 3.63) is 0 Å². The van der Waals surface area contributed by atoms with E-state index in [-0.39, 0.29) is 11.7 Å². The Morgan fingerprint density at radius 2 is 2.17 bits per heavy atom. The maximum atomic E-state index is 5.96. The molecule has 0 aromatic heterocycles. The lowest BCUT2D eigenvalue weighted by atomic mass is 10.0. The van der Waals surface area contributed by atoms with Gasteiger partial charge in [0, 0.05) is 26.4 Å². The van der Waals surface area contributed by atoms with Crippen LogP contribution in [0.15, 0.2) is 0 Å². The fourth-order valence-corrected chi connectivity index (χ4v) is 2.00. The van der Waals surface area contributed by atoms with Crippen molar-refractivity contribution in [2.75, 3.05) is 33.5 Å². The molecule has 0 radical (unpaired) electrons. The van der Waals surface area contributed by atoms with Crippen molar-refractivity contribution >= 4 is 0 Å². The van der Waals surface area contributed by atoms with E-state index in [1.54, 1.807) is 7.11 Å². The Bertz CT molecular complexity index is 221. The first kappa shape index (κ1) is 15.9. The van der Waals surface area contributed by atoms with E-state index in [1.807, 2.05) is 0 Å². The summed E-state index contributed by atoms with van der Waals surface area (Å²) >= 11 is 0. The van der Waals surface area contributed by atoms with Gasteiger partial charge in [0.2, 0.25) is 0 Å². The van der Waals surface area contributed by atoms with Crippen LogP contribution in [0.25, 0.3) is 0 Å². The molecule has 1 fully saturated rings. The minimum absolute atomic E-state index is 0.109. The van der Waals surface area contributed by atoms with Crippen LogP contribution in [-0.4, -0.2) is 51.2 Å². The van der Waals surface area contributed by atoms with Crippen molar-refractivity contribution in [3.8, 4) is 0 Å². The molecule has 1 aliphatic rings. The van der Waals surface area contributed by atoms with Crippen LogP contribution >= 0.6 is 0 Å². The van der Waals surface area contributed by atoms with Crippen molar-refractivity contribution in [3.63, 3.8) is 0 Å². The van der Waals surface area contributed by atoms with Crippen LogP contribution in [0.3, 0.4) is 0 Å². The maximum absolute atomic E-state index is 5.96. The largest absolute Gasteiger partial charge is 0.379 e. The fourth-order valence-electron chi connectivity index (χ4n) is 2.00. The molecule has 0 aliphatic carbocycles. The van der Waals surface area contributed by atoms with E-state index < -0.39 is 0 Å². The van der Waals surface area contributed by atoms with Gasteiger partial charge in [-0.05, 0) is 39.7 Å². The Morgan fingerprint density at radius 1 is 1.39 bits per heavy atom. The predicted octanol–water partition coefficient (Wildman–Crippen LogP) is 1.98. The van der Waals surface area contributed by atoms with Gasteiger partial charge in [0.25, 0.3) is 0 Å². The Balaban J connectivity index is 2.28. The lowest BCUT2D eigenvalue weighted by Crippen LogP contribution is -2.48. The van der Waals surface area contributed by atoms with Gasteiger partial charge in [-0.2, -0.15) is 0 Å². The van der Waals surface area contributed by atoms with Crippen molar-refractivity contribution < 1.29 is 14.2 Å². The van der Waals surface area contributed by atoms with E-state index in [9.17, 15) is 0 Å². The number of nitrogens with one attached hydrogen (secondary N) is 1. The zero-order chi connectivity index (χ0) is 13.4. The SMILES string of the molecule is CCCNC1CCOCC1OCCC(C)(C)OC. The maximum Gasteiger partial charge on any atom is 0.0961 e. The molecule has 1 heterocycles. The van der Waals surface area contributed by atoms with Crippen molar-refractivity contribution in [1.82, 2.24) is 5.32 Å². The number of hydrogen-bond donors (Lipinski definition) is 1. The number of methoxy groups -OCH3 is 1. The third kappa shape index (κ3) is 5.65. The second-order valence-corrected chi connectivity index (χ2v) is 5.55. The molecule has 4 nitrogen and oxygen atoms in total. The third-order valence-corrected chi connectivity index (χ3v) is 3.55. The Kier molecular flexibility index (Phi) is 7.15. The monoisotopic (exact) mass is 259 g/mol. The van der Waals surface area contributed by atoms with E-state index in [2.05, 4.69) is 26.1 Å². The first-order valence-electron chi connectivity index (χ1n) is 7.07. The number of rotatable bonds is 8. The van der Waals surface area contributed by atoms with E-state index in [0.29, 0.717) is 12.6 Å². The molecule has 1 rings (SSSR count). The predicted molar refractivity (Wildman–Crippen MR) is 73.0 cm³/mol. The minimum atomic E-state index is -0.109. The molecule has 2 atom stereocenters. The van der Waals surface area contributed by atoms with Crippen LogP contribution in [0.4, 0.5) is 0 Å². The summed E-state index contributed by atoms with van der Waals surface area (Å²) in [5, 5.41) is 3.55. The van der Waals surface area contributed by atoms with Gasteiger partial charge in [-0.25, -0.2) is 0 Å². The van der Waals surface area contributed by atoms with Gasteiger partial charge >= 0.3 is 0 Å². The molecule has 108 valence electrons. The highest BCUT2D eigenvalue weighted by molar-refractivity contribution is 4.81. The Hall–Kier alpha value is -0.160. The molecular formula is C14H29NO3. The summed E-state index contributed by atoms with van der Waals surface area (Å²) in [6, 6.07) is 0.435. The van der Waals surface area contributed by atoms with Gasteiger partial charge in [-0.1, -0.05) is 6.92 Å². The quantitative estimate of drug-likeness (QED) is 0.723. The highest BCUT2D eigenvalue weighted by Gasteiger charge is 2.26. The highest BCUT2D eigenvalue weighted by Crippen LogP contribution is 2.16. The van der Waals surface area contributed by atoms with E-state index in [0.717, 1.165) is 39.0 Å². The van der Waals surface area contributed by atoms with Crippen LogP contribution < -0.4 is 5.32 Å². The second-order valence-electron chi connectivity index (χ2n) is 5.55. The Morgan fingerprint density at radius 3 is 2.83 bits per heavy atom. The summed E-state index contributed by atoms with van der Waals surface area (Å²) in [6.45, 7) is 9.66. The molecule has 0 spiro atoms. The molecule has 0 aromatic rings. The molecular weight excluding hydrogens is 230 g/mol. The van der Waals surface area contributed by atoms with E-state index in [4.69, 9.17) is 14.2 Å². The second kappa shape index (κ2) is 8.10. The Labute approximate surface area is 111 Å². The average molecular weight is 259 g/mol. The van der Waals surface area contributed by atoms with Gasteiger partial charge in [-0.3, -0.25) is 0 Å². The van der Waals surface area contributed by atoms with Crippen LogP contribution in [0.2, 0.25) is 0 Å². The van der Waals surface area contributed by atoms with Gasteiger partial charge < -0.3 is 19.5 Å². The summed E-state index contributed by atoms with van der Waals surface area (Å²) in [5.41, 5.74) is -0.109. The molecule has 4 heteroatoms. The molecule has 0 saturated carbocycles. The number of ether oxygens (including phenoxy) is 3. The topological polar surface area (TPSA) is 39.7 Å². The molecule has 0 amide bonds.